The number of anilines is 1. The predicted octanol–water partition coefficient (Wildman–Crippen LogP) is 6.31. The van der Waals surface area contributed by atoms with E-state index in [0.29, 0.717) is 24.0 Å². The van der Waals surface area contributed by atoms with Gasteiger partial charge in [0.05, 0.1) is 23.8 Å². The fourth-order valence-electron chi connectivity index (χ4n) is 5.63. The van der Waals surface area contributed by atoms with Crippen molar-refractivity contribution in [2.24, 2.45) is 0 Å². The molecular formula is C34H39FN6O3. The summed E-state index contributed by atoms with van der Waals surface area (Å²) in [5.74, 6) is -0.0865. The first-order valence-electron chi connectivity index (χ1n) is 15.2. The summed E-state index contributed by atoms with van der Waals surface area (Å²) >= 11 is 0. The van der Waals surface area contributed by atoms with E-state index in [1.165, 1.54) is 38.5 Å². The Morgan fingerprint density at radius 3 is 2.68 bits per heavy atom. The van der Waals surface area contributed by atoms with Crippen molar-refractivity contribution in [2.45, 2.75) is 70.4 Å². The number of allylic oxidation sites excluding steroid dienone is 1. The number of carbonyl (C=O) groups is 2. The number of unbranched alkanes of at least 4 members (excludes halogenated alkanes) is 2. The number of H-pyrrole nitrogens is 1. The first-order valence-corrected chi connectivity index (χ1v) is 15.2. The highest BCUT2D eigenvalue weighted by Crippen LogP contribution is 2.32. The summed E-state index contributed by atoms with van der Waals surface area (Å²) in [4.78, 5) is 29.3. The van der Waals surface area contributed by atoms with Crippen LogP contribution in [-0.4, -0.2) is 40.1 Å². The first-order chi connectivity index (χ1) is 21.4. The Bertz CT molecular complexity index is 1630. The molecule has 5 N–H and O–H groups in total. The maximum atomic E-state index is 13.7. The number of hydrogen-bond donors (Lipinski definition) is 4. The summed E-state index contributed by atoms with van der Waals surface area (Å²) < 4.78 is 18.8. The molecule has 5 rings (SSSR count). The molecule has 1 aliphatic rings. The third-order valence-electron chi connectivity index (χ3n) is 8.03. The quantitative estimate of drug-likeness (QED) is 0.141. The minimum atomic E-state index is -0.509. The second kappa shape index (κ2) is 14.6. The van der Waals surface area contributed by atoms with E-state index in [9.17, 15) is 14.0 Å². The maximum absolute atomic E-state index is 13.7. The molecule has 0 atom stereocenters. The van der Waals surface area contributed by atoms with Gasteiger partial charge in [-0.25, -0.2) is 9.37 Å². The number of ether oxygens (including phenoxy) is 1. The third-order valence-corrected chi connectivity index (χ3v) is 8.03. The van der Waals surface area contributed by atoms with Crippen molar-refractivity contribution in [3.05, 3.63) is 77.2 Å². The van der Waals surface area contributed by atoms with Crippen LogP contribution in [0.25, 0.3) is 28.2 Å². The van der Waals surface area contributed by atoms with Gasteiger partial charge in [0.15, 0.2) is 0 Å². The Balaban J connectivity index is 1.17. The molecule has 2 aromatic heterocycles. The van der Waals surface area contributed by atoms with E-state index in [4.69, 9.17) is 10.5 Å². The van der Waals surface area contributed by atoms with Crippen LogP contribution < -0.4 is 21.1 Å². The van der Waals surface area contributed by atoms with Crippen LogP contribution in [0.15, 0.2) is 54.7 Å². The van der Waals surface area contributed by atoms with Crippen LogP contribution in [-0.2, 0) is 11.3 Å². The van der Waals surface area contributed by atoms with E-state index in [-0.39, 0.29) is 18.0 Å². The molecule has 2 aromatic carbocycles. The van der Waals surface area contributed by atoms with Crippen molar-refractivity contribution in [3.63, 3.8) is 0 Å². The van der Waals surface area contributed by atoms with E-state index in [1.54, 1.807) is 6.20 Å². The number of fused-ring (bicyclic) bond motifs is 1. The summed E-state index contributed by atoms with van der Waals surface area (Å²) in [6.45, 7) is 0.256. The highest BCUT2D eigenvalue weighted by atomic mass is 19.1. The van der Waals surface area contributed by atoms with Crippen LogP contribution >= 0.6 is 0 Å². The van der Waals surface area contributed by atoms with Gasteiger partial charge in [0.2, 0.25) is 5.91 Å². The van der Waals surface area contributed by atoms with Gasteiger partial charge < -0.3 is 21.1 Å². The largest absolute Gasteiger partial charge is 0.496 e. The molecule has 0 saturated heterocycles. The summed E-state index contributed by atoms with van der Waals surface area (Å²) in [6, 6.07) is 11.8. The number of nitrogens with zero attached hydrogens (tertiary/aromatic N) is 2. The number of benzene rings is 2. The minimum absolute atomic E-state index is 0.137. The normalized spacial score (nSPS) is 13.8. The number of methoxy groups -OCH3 is 1. The van der Waals surface area contributed by atoms with E-state index in [2.05, 4.69) is 31.9 Å². The van der Waals surface area contributed by atoms with E-state index >= 15 is 0 Å². The zero-order valence-corrected chi connectivity index (χ0v) is 25.0. The smallest absolute Gasteiger partial charge is 0.255 e. The molecule has 9 nitrogen and oxygen atoms in total. The zero-order valence-electron chi connectivity index (χ0n) is 25.0. The minimum Gasteiger partial charge on any atom is -0.496 e. The molecule has 0 radical (unpaired) electrons. The molecule has 10 heteroatoms. The lowest BCUT2D eigenvalue weighted by Gasteiger charge is -2.22. The topological polar surface area (TPSA) is 135 Å². The molecule has 230 valence electrons. The van der Waals surface area contributed by atoms with Gasteiger partial charge in [-0.15, -0.1) is 0 Å². The average Bonchev–Trinajstić information content (AvgIpc) is 3.49. The second-order valence-corrected chi connectivity index (χ2v) is 11.2. The molecule has 4 aromatic rings. The Hall–Kier alpha value is -4.73. The second-order valence-electron chi connectivity index (χ2n) is 11.2. The lowest BCUT2D eigenvalue weighted by Crippen LogP contribution is -2.35. The molecule has 1 saturated carbocycles. The Morgan fingerprint density at radius 1 is 1.11 bits per heavy atom. The molecule has 0 unspecified atom stereocenters. The number of aromatic amines is 1. The molecule has 0 spiro atoms. The molecule has 2 heterocycles. The number of carbonyl (C=O) groups excluding carboxylic acids is 2. The average molecular weight is 599 g/mol. The van der Waals surface area contributed by atoms with Crippen molar-refractivity contribution in [1.82, 2.24) is 25.8 Å². The Kier molecular flexibility index (Phi) is 10.2. The summed E-state index contributed by atoms with van der Waals surface area (Å²) in [6.07, 6.45) is 14.9. The van der Waals surface area contributed by atoms with Crippen LogP contribution in [0.3, 0.4) is 0 Å². The maximum Gasteiger partial charge on any atom is 0.255 e. The summed E-state index contributed by atoms with van der Waals surface area (Å²) in [7, 11) is 1.44. The highest BCUT2D eigenvalue weighted by molar-refractivity contribution is 6.03. The van der Waals surface area contributed by atoms with E-state index < -0.39 is 11.7 Å². The number of amides is 2. The standard InChI is InChI=1S/C34H39FN6O3/c1-44-28-18-17-25(35)19-27(28)34(43)38-20-22-13-15-23(16-14-22)31-30-32(41-40-31)24(21-37-33(30)36)9-5-2-3-8-12-29(42)39-26-10-6-4-7-11-26/h5,9,13-19,21,26H,2-4,6-8,10-12,20H2,1H3,(H2,36,37)(H,38,43)(H,39,42)(H,40,41)/b9-5+. The number of pyridine rings is 1. The summed E-state index contributed by atoms with van der Waals surface area (Å²) in [5.41, 5.74) is 10.5. The van der Waals surface area contributed by atoms with Gasteiger partial charge in [-0.2, -0.15) is 5.10 Å². The molecular weight excluding hydrogens is 559 g/mol. The van der Waals surface area contributed by atoms with E-state index in [0.717, 1.165) is 71.5 Å². The van der Waals surface area contributed by atoms with Gasteiger partial charge >= 0.3 is 0 Å². The van der Waals surface area contributed by atoms with Gasteiger partial charge in [0.1, 0.15) is 22.9 Å². The summed E-state index contributed by atoms with van der Waals surface area (Å²) in [5, 5.41) is 14.4. The monoisotopic (exact) mass is 598 g/mol. The van der Waals surface area contributed by atoms with Crippen LogP contribution in [0.1, 0.15) is 79.3 Å². The lowest BCUT2D eigenvalue weighted by atomic mass is 9.95. The molecule has 2 amide bonds. The van der Waals surface area contributed by atoms with Gasteiger partial charge in [-0.1, -0.05) is 55.7 Å². The van der Waals surface area contributed by atoms with Crippen molar-refractivity contribution in [3.8, 4) is 17.0 Å². The Morgan fingerprint density at radius 2 is 1.91 bits per heavy atom. The zero-order chi connectivity index (χ0) is 30.9. The molecule has 1 aliphatic carbocycles. The Labute approximate surface area is 256 Å². The van der Waals surface area contributed by atoms with Crippen LogP contribution in [0.5, 0.6) is 5.75 Å². The third kappa shape index (κ3) is 7.61. The fraction of sp³-hybridized carbons (Fsp3) is 0.353. The highest BCUT2D eigenvalue weighted by Gasteiger charge is 2.17. The molecule has 0 aliphatic heterocycles. The van der Waals surface area contributed by atoms with Crippen molar-refractivity contribution in [1.29, 1.82) is 0 Å². The molecule has 1 fully saturated rings. The van der Waals surface area contributed by atoms with Gasteiger partial charge in [0, 0.05) is 36.3 Å². The van der Waals surface area contributed by atoms with Crippen molar-refractivity contribution in [2.75, 3.05) is 12.8 Å². The van der Waals surface area contributed by atoms with Crippen LogP contribution in [0.2, 0.25) is 0 Å². The van der Waals surface area contributed by atoms with Gasteiger partial charge in [-0.05, 0) is 55.9 Å². The van der Waals surface area contributed by atoms with Gasteiger partial charge in [-0.3, -0.25) is 14.7 Å². The van der Waals surface area contributed by atoms with Crippen molar-refractivity contribution < 1.29 is 18.7 Å². The predicted molar refractivity (Wildman–Crippen MR) is 170 cm³/mol. The SMILES string of the molecule is COc1ccc(F)cc1C(=O)NCc1ccc(-c2[nH]nc3c(/C=C/CCCCC(=O)NC4CCCCC4)cnc(N)c23)cc1. The lowest BCUT2D eigenvalue weighted by molar-refractivity contribution is -0.122. The van der Waals surface area contributed by atoms with Gasteiger partial charge in [0.25, 0.3) is 5.91 Å². The number of rotatable bonds is 12. The van der Waals surface area contributed by atoms with Crippen LogP contribution in [0, 0.1) is 5.82 Å². The van der Waals surface area contributed by atoms with E-state index in [1.807, 2.05) is 30.3 Å². The number of aromatic nitrogens is 3. The van der Waals surface area contributed by atoms with Crippen LogP contribution in [0.4, 0.5) is 10.2 Å². The number of nitrogens with one attached hydrogen (secondary N) is 3. The fourth-order valence-corrected chi connectivity index (χ4v) is 5.63. The number of nitrogens with two attached hydrogens (primary N) is 1. The number of nitrogen functional groups attached to an aromatic ring is 1. The number of halogens is 1. The molecule has 0 bridgehead atoms. The molecule has 44 heavy (non-hydrogen) atoms. The number of hydrogen-bond acceptors (Lipinski definition) is 6. The first kappa shape index (κ1) is 30.7. The van der Waals surface area contributed by atoms with Crippen molar-refractivity contribution >= 4 is 34.6 Å².